The number of hydrogen-bond acceptors (Lipinski definition) is 3. The quantitative estimate of drug-likeness (QED) is 0.424. The molecule has 0 heterocycles. The molecule has 0 aliphatic heterocycles. The number of nitrogens with two attached hydrogens (primary N) is 3. The lowest BCUT2D eigenvalue weighted by molar-refractivity contribution is 1.16. The third-order valence-electron chi connectivity index (χ3n) is 0.354. The van der Waals surface area contributed by atoms with E-state index in [0.29, 0.717) is 6.54 Å². The fourth-order valence-corrected chi connectivity index (χ4v) is 0.136. The van der Waals surface area contributed by atoms with Crippen LogP contribution in [-0.2, 0) is 0 Å². The van der Waals surface area contributed by atoms with Crippen LogP contribution in [0, 0.1) is 0 Å². The van der Waals surface area contributed by atoms with Gasteiger partial charge in [-0.3, -0.25) is 0 Å². The zero-order valence-corrected chi connectivity index (χ0v) is 4.74. The molecule has 0 aromatic rings. The van der Waals surface area contributed by atoms with Crippen LogP contribution in [0.2, 0.25) is 0 Å². The van der Waals surface area contributed by atoms with Crippen LogP contribution in [0.3, 0.4) is 0 Å². The van der Waals surface area contributed by atoms with Crippen LogP contribution in [0.5, 0.6) is 0 Å². The van der Waals surface area contributed by atoms with E-state index < -0.39 is 0 Å². The fourth-order valence-electron chi connectivity index (χ4n) is 0.136. The minimum atomic E-state index is 0. The maximum atomic E-state index is 4.99. The summed E-state index contributed by atoms with van der Waals surface area (Å²) < 4.78 is 0. The minimum absolute atomic E-state index is 0. The Morgan fingerprint density at radius 1 is 1.43 bits per heavy atom. The van der Waals surface area contributed by atoms with Gasteiger partial charge in [-0.25, -0.2) is 0 Å². The van der Waals surface area contributed by atoms with E-state index in [4.69, 9.17) is 17.2 Å². The molecule has 6 N–H and O–H groups in total. The molecule has 0 saturated carbocycles. The molecule has 0 fully saturated rings. The summed E-state index contributed by atoms with van der Waals surface area (Å²) in [4.78, 5) is 0. The van der Waals surface area contributed by atoms with Gasteiger partial charge >= 0.3 is 0 Å². The molecule has 0 rings (SSSR count). The van der Waals surface area contributed by atoms with Crippen molar-refractivity contribution < 1.29 is 0 Å². The van der Waals surface area contributed by atoms with Crippen molar-refractivity contribution in [3.05, 3.63) is 11.9 Å². The average Bonchev–Trinajstić information content (AvgIpc) is 1.35. The third-order valence-corrected chi connectivity index (χ3v) is 0.354. The highest BCUT2D eigenvalue weighted by Gasteiger charge is 1.67. The van der Waals surface area contributed by atoms with Crippen molar-refractivity contribution in [2.45, 2.75) is 0 Å². The van der Waals surface area contributed by atoms with E-state index in [2.05, 4.69) is 0 Å². The Balaban J connectivity index is 0. The van der Waals surface area contributed by atoms with Crippen molar-refractivity contribution >= 4 is 12.4 Å². The smallest absolute Gasteiger partial charge is 0.0905 e. The lowest BCUT2D eigenvalue weighted by Crippen LogP contribution is -2.10. The number of rotatable bonds is 1. The van der Waals surface area contributed by atoms with Gasteiger partial charge in [0.15, 0.2) is 0 Å². The zero-order chi connectivity index (χ0) is 4.99. The molecule has 0 unspecified atom stereocenters. The first-order valence-electron chi connectivity index (χ1n) is 1.68. The first kappa shape index (κ1) is 9.77. The van der Waals surface area contributed by atoms with E-state index in [9.17, 15) is 0 Å². The van der Waals surface area contributed by atoms with Crippen LogP contribution in [0.15, 0.2) is 11.9 Å². The van der Waals surface area contributed by atoms with Crippen LogP contribution in [-0.4, -0.2) is 6.54 Å². The topological polar surface area (TPSA) is 78.1 Å². The highest BCUT2D eigenvalue weighted by Crippen LogP contribution is 1.60. The molecule has 0 amide bonds. The largest absolute Gasteiger partial charge is 0.386 e. The first-order valence-corrected chi connectivity index (χ1v) is 1.68. The maximum Gasteiger partial charge on any atom is 0.0905 e. The highest BCUT2D eigenvalue weighted by atomic mass is 35.5. The minimum Gasteiger partial charge on any atom is -0.386 e. The van der Waals surface area contributed by atoms with Gasteiger partial charge in [0.05, 0.1) is 5.82 Å². The van der Waals surface area contributed by atoms with Crippen molar-refractivity contribution in [1.29, 1.82) is 0 Å². The summed E-state index contributed by atoms with van der Waals surface area (Å²) in [5.74, 6) is 0.289. The molecule has 4 heteroatoms. The Morgan fingerprint density at radius 2 is 1.86 bits per heavy atom. The van der Waals surface area contributed by atoms with Crippen molar-refractivity contribution in [2.75, 3.05) is 6.54 Å². The number of halogens is 1. The zero-order valence-electron chi connectivity index (χ0n) is 3.92. The van der Waals surface area contributed by atoms with E-state index in [1.54, 1.807) is 6.08 Å². The Kier molecular flexibility index (Phi) is 7.81. The lowest BCUT2D eigenvalue weighted by Gasteiger charge is -1.83. The van der Waals surface area contributed by atoms with Gasteiger partial charge in [0.1, 0.15) is 0 Å². The molecule has 0 saturated heterocycles. The van der Waals surface area contributed by atoms with Gasteiger partial charge < -0.3 is 17.2 Å². The molecule has 0 atom stereocenters. The van der Waals surface area contributed by atoms with Crippen molar-refractivity contribution in [3.63, 3.8) is 0 Å². The van der Waals surface area contributed by atoms with E-state index in [1.165, 1.54) is 0 Å². The van der Waals surface area contributed by atoms with Crippen LogP contribution in [0.25, 0.3) is 0 Å². The van der Waals surface area contributed by atoms with Crippen molar-refractivity contribution in [3.8, 4) is 0 Å². The Labute approximate surface area is 49.0 Å². The van der Waals surface area contributed by atoms with E-state index >= 15 is 0 Å². The van der Waals surface area contributed by atoms with Crippen molar-refractivity contribution in [2.24, 2.45) is 17.2 Å². The molecule has 0 aromatic heterocycles. The molecular weight excluding hydrogens is 114 g/mol. The molecule has 0 radical (unpaired) electrons. The second-order valence-electron chi connectivity index (χ2n) is 0.940. The summed E-state index contributed by atoms with van der Waals surface area (Å²) in [7, 11) is 0. The second kappa shape index (κ2) is 5.59. The van der Waals surface area contributed by atoms with E-state index in [-0.39, 0.29) is 18.2 Å². The molecule has 0 aliphatic carbocycles. The number of hydrogen-bond donors (Lipinski definition) is 3. The Hall–Kier alpha value is -0.410. The molecular formula is C3H10ClN3. The summed E-state index contributed by atoms with van der Waals surface area (Å²) in [6, 6.07) is 0. The van der Waals surface area contributed by atoms with Gasteiger partial charge in [0.2, 0.25) is 0 Å². The normalized spacial score (nSPS) is 6.43. The monoisotopic (exact) mass is 123 g/mol. The van der Waals surface area contributed by atoms with Crippen LogP contribution in [0.4, 0.5) is 0 Å². The molecule has 0 bridgehead atoms. The maximum absolute atomic E-state index is 4.99. The van der Waals surface area contributed by atoms with Crippen LogP contribution >= 0.6 is 12.4 Å². The summed E-state index contributed by atoms with van der Waals surface area (Å²) in [5, 5.41) is 0. The predicted molar refractivity (Wildman–Crippen MR) is 32.8 cm³/mol. The van der Waals surface area contributed by atoms with E-state index in [1.807, 2.05) is 0 Å². The molecule has 0 aliphatic rings. The molecule has 0 aromatic carbocycles. The van der Waals surface area contributed by atoms with Gasteiger partial charge in [-0.1, -0.05) is 0 Å². The molecule has 44 valence electrons. The van der Waals surface area contributed by atoms with Crippen LogP contribution < -0.4 is 17.2 Å². The van der Waals surface area contributed by atoms with Gasteiger partial charge in [-0.2, -0.15) is 0 Å². The van der Waals surface area contributed by atoms with Gasteiger partial charge in [-0.15, -0.1) is 12.4 Å². The first-order chi connectivity index (χ1) is 2.77. The van der Waals surface area contributed by atoms with Gasteiger partial charge in [-0.05, 0) is 6.08 Å². The summed E-state index contributed by atoms with van der Waals surface area (Å²) in [6.07, 6.45) is 1.54. The second-order valence-corrected chi connectivity index (χ2v) is 0.940. The molecule has 7 heavy (non-hydrogen) atoms. The SMILES string of the molecule is Cl.NCC=C(N)N. The lowest BCUT2D eigenvalue weighted by atomic mass is 10.6. The van der Waals surface area contributed by atoms with Crippen molar-refractivity contribution in [1.82, 2.24) is 0 Å². The summed E-state index contributed by atoms with van der Waals surface area (Å²) >= 11 is 0. The standard InChI is InChI=1S/C3H9N3.ClH/c4-2-1-3(5)6;/h1H,2,4-6H2;1H. The average molecular weight is 124 g/mol. The predicted octanol–water partition coefficient (Wildman–Crippen LogP) is -0.874. The fraction of sp³-hybridized carbons (Fsp3) is 0.333. The molecule has 3 nitrogen and oxygen atoms in total. The third kappa shape index (κ3) is 10.7. The Morgan fingerprint density at radius 3 is 1.86 bits per heavy atom. The molecule has 0 spiro atoms. The van der Waals surface area contributed by atoms with E-state index in [0.717, 1.165) is 0 Å². The summed E-state index contributed by atoms with van der Waals surface area (Å²) in [6.45, 7) is 0.419. The summed E-state index contributed by atoms with van der Waals surface area (Å²) in [5.41, 5.74) is 14.9. The van der Waals surface area contributed by atoms with Gasteiger partial charge in [0, 0.05) is 6.54 Å². The van der Waals surface area contributed by atoms with Crippen LogP contribution in [0.1, 0.15) is 0 Å². The van der Waals surface area contributed by atoms with Gasteiger partial charge in [0.25, 0.3) is 0 Å². The Bertz CT molecular complexity index is 57.2. The highest BCUT2D eigenvalue weighted by molar-refractivity contribution is 5.85.